The smallest absolute Gasteiger partial charge is 0.134 e. The molecule has 1 unspecified atom stereocenters. The molecule has 1 fully saturated rings. The number of nitrogens with two attached hydrogens (primary N) is 1. The van der Waals surface area contributed by atoms with Gasteiger partial charge in [-0.1, -0.05) is 6.92 Å². The summed E-state index contributed by atoms with van der Waals surface area (Å²) in [6.45, 7) is 5.62. The predicted molar refractivity (Wildman–Crippen MR) is 68.0 cm³/mol. The summed E-state index contributed by atoms with van der Waals surface area (Å²) in [5, 5.41) is 3.31. The molecule has 17 heavy (non-hydrogen) atoms. The molecule has 0 radical (unpaired) electrons. The Morgan fingerprint density at radius 2 is 2.29 bits per heavy atom. The Bertz CT molecular complexity index is 388. The fraction of sp³-hybridized carbons (Fsp3) is 0.667. The number of hydrogen-bond acceptors (Lipinski definition) is 5. The van der Waals surface area contributed by atoms with Crippen molar-refractivity contribution >= 4 is 11.6 Å². The molecule has 3 N–H and O–H groups in total. The number of anilines is 2. The Balaban J connectivity index is 2.05. The van der Waals surface area contributed by atoms with Gasteiger partial charge in [0.15, 0.2) is 0 Å². The Labute approximate surface area is 102 Å². The van der Waals surface area contributed by atoms with E-state index in [4.69, 9.17) is 10.5 Å². The summed E-state index contributed by atoms with van der Waals surface area (Å²) in [5.41, 5.74) is 6.78. The predicted octanol–water partition coefficient (Wildman–Crippen LogP) is 1.52. The topological polar surface area (TPSA) is 73.1 Å². The van der Waals surface area contributed by atoms with Crippen molar-refractivity contribution in [2.75, 3.05) is 24.2 Å². The highest BCUT2D eigenvalue weighted by Crippen LogP contribution is 2.19. The van der Waals surface area contributed by atoms with Gasteiger partial charge in [-0.05, 0) is 19.8 Å². The molecule has 1 aliphatic rings. The molecule has 1 atom stereocenters. The Morgan fingerprint density at radius 1 is 1.47 bits per heavy atom. The van der Waals surface area contributed by atoms with Crippen molar-refractivity contribution in [3.63, 3.8) is 0 Å². The number of aromatic nitrogens is 2. The second-order valence-corrected chi connectivity index (χ2v) is 4.37. The van der Waals surface area contributed by atoms with Crippen molar-refractivity contribution in [1.29, 1.82) is 0 Å². The average molecular weight is 236 g/mol. The van der Waals surface area contributed by atoms with Crippen molar-refractivity contribution < 1.29 is 4.74 Å². The number of nitrogens with one attached hydrogen (secondary N) is 1. The third kappa shape index (κ3) is 2.85. The molecule has 0 saturated carbocycles. The second kappa shape index (κ2) is 5.31. The molecule has 5 nitrogen and oxygen atoms in total. The maximum Gasteiger partial charge on any atom is 0.134 e. The van der Waals surface area contributed by atoms with Gasteiger partial charge in [-0.25, -0.2) is 9.97 Å². The third-order valence-electron chi connectivity index (χ3n) is 3.07. The van der Waals surface area contributed by atoms with Crippen molar-refractivity contribution in [2.24, 2.45) is 0 Å². The van der Waals surface area contributed by atoms with E-state index >= 15 is 0 Å². The summed E-state index contributed by atoms with van der Waals surface area (Å²) in [4.78, 5) is 8.68. The SMILES string of the molecule is CCc1nc(N)c(C)c(NCC2CCCO2)n1. The summed E-state index contributed by atoms with van der Waals surface area (Å²) in [6, 6.07) is 0. The number of aryl methyl sites for hydroxylation is 1. The molecular weight excluding hydrogens is 216 g/mol. The zero-order chi connectivity index (χ0) is 12.3. The Morgan fingerprint density at radius 3 is 2.94 bits per heavy atom. The molecule has 2 rings (SSSR count). The lowest BCUT2D eigenvalue weighted by Crippen LogP contribution is -2.20. The van der Waals surface area contributed by atoms with E-state index in [1.807, 2.05) is 13.8 Å². The van der Waals surface area contributed by atoms with E-state index in [2.05, 4.69) is 15.3 Å². The molecule has 1 aliphatic heterocycles. The van der Waals surface area contributed by atoms with E-state index in [9.17, 15) is 0 Å². The lowest BCUT2D eigenvalue weighted by molar-refractivity contribution is 0.120. The van der Waals surface area contributed by atoms with Crippen LogP contribution in [0.1, 0.15) is 31.2 Å². The van der Waals surface area contributed by atoms with Crippen LogP contribution >= 0.6 is 0 Å². The van der Waals surface area contributed by atoms with Crippen LogP contribution in [0.4, 0.5) is 11.6 Å². The van der Waals surface area contributed by atoms with Gasteiger partial charge in [-0.3, -0.25) is 0 Å². The van der Waals surface area contributed by atoms with Crippen LogP contribution in [-0.2, 0) is 11.2 Å². The molecule has 1 aromatic heterocycles. The molecule has 0 aliphatic carbocycles. The van der Waals surface area contributed by atoms with Crippen LogP contribution in [0.5, 0.6) is 0 Å². The van der Waals surface area contributed by atoms with E-state index in [0.29, 0.717) is 11.9 Å². The minimum absolute atomic E-state index is 0.302. The van der Waals surface area contributed by atoms with Crippen LogP contribution in [0.3, 0.4) is 0 Å². The summed E-state index contributed by atoms with van der Waals surface area (Å²) >= 11 is 0. The molecule has 0 aromatic carbocycles. The highest BCUT2D eigenvalue weighted by atomic mass is 16.5. The first-order valence-corrected chi connectivity index (χ1v) is 6.19. The van der Waals surface area contributed by atoms with Crippen LogP contribution in [0.25, 0.3) is 0 Å². The first kappa shape index (κ1) is 12.1. The maximum absolute atomic E-state index is 5.86. The fourth-order valence-corrected chi connectivity index (χ4v) is 1.93. The fourth-order valence-electron chi connectivity index (χ4n) is 1.93. The quantitative estimate of drug-likeness (QED) is 0.829. The first-order valence-electron chi connectivity index (χ1n) is 6.19. The molecule has 0 amide bonds. The molecule has 5 heteroatoms. The minimum atomic E-state index is 0.302. The molecule has 2 heterocycles. The van der Waals surface area contributed by atoms with Crippen molar-refractivity contribution in [2.45, 2.75) is 39.2 Å². The van der Waals surface area contributed by atoms with E-state index in [-0.39, 0.29) is 0 Å². The number of nitrogens with zero attached hydrogens (tertiary/aromatic N) is 2. The molecule has 1 saturated heterocycles. The van der Waals surface area contributed by atoms with Crippen molar-refractivity contribution in [3.8, 4) is 0 Å². The molecular formula is C12H20N4O. The van der Waals surface area contributed by atoms with Crippen LogP contribution in [0.15, 0.2) is 0 Å². The molecule has 0 bridgehead atoms. The molecule has 94 valence electrons. The minimum Gasteiger partial charge on any atom is -0.383 e. The second-order valence-electron chi connectivity index (χ2n) is 4.37. The first-order chi connectivity index (χ1) is 8.20. The summed E-state index contributed by atoms with van der Waals surface area (Å²) < 4.78 is 5.56. The van der Waals surface area contributed by atoms with Gasteiger partial charge in [0, 0.05) is 25.1 Å². The third-order valence-corrected chi connectivity index (χ3v) is 3.07. The maximum atomic E-state index is 5.86. The number of hydrogen-bond donors (Lipinski definition) is 2. The van der Waals surface area contributed by atoms with Gasteiger partial charge >= 0.3 is 0 Å². The standard InChI is InChI=1S/C12H20N4O/c1-3-10-15-11(13)8(2)12(16-10)14-7-9-5-4-6-17-9/h9H,3-7H2,1-2H3,(H3,13,14,15,16). The lowest BCUT2D eigenvalue weighted by atomic mass is 10.2. The number of nitrogen functional groups attached to an aromatic ring is 1. The van der Waals surface area contributed by atoms with Gasteiger partial charge in [0.25, 0.3) is 0 Å². The largest absolute Gasteiger partial charge is 0.383 e. The van der Waals surface area contributed by atoms with Gasteiger partial charge in [0.05, 0.1) is 6.10 Å². The molecule has 1 aromatic rings. The van der Waals surface area contributed by atoms with Gasteiger partial charge in [0.2, 0.25) is 0 Å². The van der Waals surface area contributed by atoms with Crippen LogP contribution < -0.4 is 11.1 Å². The van der Waals surface area contributed by atoms with Crippen LogP contribution in [-0.4, -0.2) is 29.2 Å². The highest BCUT2D eigenvalue weighted by Gasteiger charge is 2.16. The Kier molecular flexibility index (Phi) is 3.78. The zero-order valence-corrected chi connectivity index (χ0v) is 10.5. The summed E-state index contributed by atoms with van der Waals surface area (Å²) in [5.74, 6) is 2.18. The van der Waals surface area contributed by atoms with Gasteiger partial charge in [-0.15, -0.1) is 0 Å². The van der Waals surface area contributed by atoms with Gasteiger partial charge < -0.3 is 15.8 Å². The lowest BCUT2D eigenvalue weighted by Gasteiger charge is -2.14. The van der Waals surface area contributed by atoms with E-state index in [0.717, 1.165) is 49.6 Å². The van der Waals surface area contributed by atoms with Gasteiger partial charge in [0.1, 0.15) is 17.5 Å². The van der Waals surface area contributed by atoms with E-state index in [1.165, 1.54) is 0 Å². The Hall–Kier alpha value is -1.36. The number of rotatable bonds is 4. The van der Waals surface area contributed by atoms with E-state index in [1.54, 1.807) is 0 Å². The van der Waals surface area contributed by atoms with Crippen LogP contribution in [0.2, 0.25) is 0 Å². The summed E-state index contributed by atoms with van der Waals surface area (Å²) in [7, 11) is 0. The normalized spacial score (nSPS) is 19.5. The van der Waals surface area contributed by atoms with Crippen LogP contribution in [0, 0.1) is 6.92 Å². The number of ether oxygens (including phenoxy) is 1. The molecule has 0 spiro atoms. The monoisotopic (exact) mass is 236 g/mol. The summed E-state index contributed by atoms with van der Waals surface area (Å²) in [6.07, 6.45) is 3.36. The average Bonchev–Trinajstić information content (AvgIpc) is 2.84. The highest BCUT2D eigenvalue weighted by molar-refractivity contribution is 5.54. The van der Waals surface area contributed by atoms with Gasteiger partial charge in [-0.2, -0.15) is 0 Å². The van der Waals surface area contributed by atoms with Crippen molar-refractivity contribution in [3.05, 3.63) is 11.4 Å². The van der Waals surface area contributed by atoms with E-state index < -0.39 is 0 Å². The zero-order valence-electron chi connectivity index (χ0n) is 10.5. The van der Waals surface area contributed by atoms with Crippen molar-refractivity contribution in [1.82, 2.24) is 9.97 Å².